The summed E-state index contributed by atoms with van der Waals surface area (Å²) in [5, 5.41) is 3.50. The Labute approximate surface area is 191 Å². The third-order valence-corrected chi connectivity index (χ3v) is 5.79. The Morgan fingerprint density at radius 3 is 2.64 bits per heavy atom. The summed E-state index contributed by atoms with van der Waals surface area (Å²) in [6.45, 7) is 1.78. The zero-order valence-corrected chi connectivity index (χ0v) is 18.6. The quantitative estimate of drug-likeness (QED) is 0.326. The second-order valence-corrected chi connectivity index (χ2v) is 8.22. The van der Waals surface area contributed by atoms with Crippen LogP contribution in [0.4, 0.5) is 0 Å². The molecule has 0 atom stereocenters. The van der Waals surface area contributed by atoms with Crippen molar-refractivity contribution in [3.63, 3.8) is 0 Å². The molecule has 7 heteroatoms. The summed E-state index contributed by atoms with van der Waals surface area (Å²) in [6.07, 6.45) is 6.05. The average molecular weight is 450 g/mol. The summed E-state index contributed by atoms with van der Waals surface area (Å²) in [6, 6.07) is 13.8. The molecular formula is C26H27NO6. The van der Waals surface area contributed by atoms with Crippen molar-refractivity contribution in [2.45, 2.75) is 51.5 Å². The van der Waals surface area contributed by atoms with Gasteiger partial charge in [0.2, 0.25) is 0 Å². The van der Waals surface area contributed by atoms with Crippen LogP contribution in [0.15, 0.2) is 57.7 Å². The molecule has 0 aliphatic heterocycles. The number of carbonyl (C=O) groups is 2. The van der Waals surface area contributed by atoms with Crippen LogP contribution in [0.25, 0.3) is 11.0 Å². The Morgan fingerprint density at radius 2 is 1.85 bits per heavy atom. The molecule has 3 aromatic rings. The van der Waals surface area contributed by atoms with Crippen molar-refractivity contribution in [1.29, 1.82) is 0 Å². The van der Waals surface area contributed by atoms with Gasteiger partial charge in [-0.2, -0.15) is 0 Å². The highest BCUT2D eigenvalue weighted by atomic mass is 16.6. The zero-order chi connectivity index (χ0) is 23.2. The lowest BCUT2D eigenvalue weighted by atomic mass is 9.95. The molecule has 1 heterocycles. The molecule has 0 bridgehead atoms. The molecule has 0 spiro atoms. The van der Waals surface area contributed by atoms with E-state index in [1.807, 2.05) is 25.1 Å². The third-order valence-electron chi connectivity index (χ3n) is 5.79. The molecule has 7 nitrogen and oxygen atoms in total. The topological polar surface area (TPSA) is 94.8 Å². The van der Waals surface area contributed by atoms with Gasteiger partial charge in [0.1, 0.15) is 22.6 Å². The first kappa shape index (κ1) is 22.6. The Balaban J connectivity index is 1.41. The van der Waals surface area contributed by atoms with Crippen LogP contribution in [0.5, 0.6) is 11.5 Å². The number of hydrogen-bond acceptors (Lipinski definition) is 6. The number of ether oxygens (including phenoxy) is 2. The van der Waals surface area contributed by atoms with Crippen LogP contribution in [0.1, 0.15) is 54.9 Å². The lowest BCUT2D eigenvalue weighted by Crippen LogP contribution is -2.38. The van der Waals surface area contributed by atoms with Crippen LogP contribution < -0.4 is 20.4 Å². The number of esters is 1. The molecule has 1 amide bonds. The van der Waals surface area contributed by atoms with E-state index in [1.165, 1.54) is 18.6 Å². The van der Waals surface area contributed by atoms with Crippen molar-refractivity contribution in [3.05, 3.63) is 70.1 Å². The molecule has 1 aliphatic rings. The fourth-order valence-electron chi connectivity index (χ4n) is 3.98. The predicted octanol–water partition coefficient (Wildman–Crippen LogP) is 4.40. The smallest absolute Gasteiger partial charge is 0.349 e. The standard InChI is InChI=1S/C26H27NO6/c1-2-17-7-6-10-20(13-17)31-16-24(28)32-21-12-11-18-14-22(26(30)33-23(18)15-21)25(29)27-19-8-4-3-5-9-19/h6-7,10-15,19H,2-5,8-9,16H2,1H3,(H,27,29). The molecule has 1 aromatic heterocycles. The van der Waals surface area contributed by atoms with Crippen molar-refractivity contribution in [2.75, 3.05) is 6.61 Å². The van der Waals surface area contributed by atoms with Gasteiger partial charge in [0.25, 0.3) is 5.91 Å². The van der Waals surface area contributed by atoms with Crippen LogP contribution in [-0.4, -0.2) is 24.5 Å². The minimum absolute atomic E-state index is 0.0273. The van der Waals surface area contributed by atoms with E-state index in [0.717, 1.165) is 37.7 Å². The molecule has 2 aromatic carbocycles. The number of benzene rings is 2. The second kappa shape index (κ2) is 10.3. The maximum atomic E-state index is 12.6. The van der Waals surface area contributed by atoms with Crippen molar-refractivity contribution < 1.29 is 23.5 Å². The number of fused-ring (bicyclic) bond motifs is 1. The molecule has 0 saturated heterocycles. The number of rotatable bonds is 7. The van der Waals surface area contributed by atoms with Crippen LogP contribution >= 0.6 is 0 Å². The summed E-state index contributed by atoms with van der Waals surface area (Å²) in [5.41, 5.74) is 0.590. The molecule has 33 heavy (non-hydrogen) atoms. The largest absolute Gasteiger partial charge is 0.482 e. The van der Waals surface area contributed by atoms with Gasteiger partial charge in [-0.05, 0) is 55.2 Å². The molecule has 4 rings (SSSR count). The van der Waals surface area contributed by atoms with Gasteiger partial charge in [0.15, 0.2) is 6.61 Å². The maximum Gasteiger partial charge on any atom is 0.349 e. The first-order valence-electron chi connectivity index (χ1n) is 11.3. The first-order chi connectivity index (χ1) is 16.0. The van der Waals surface area contributed by atoms with Gasteiger partial charge >= 0.3 is 11.6 Å². The van der Waals surface area contributed by atoms with Gasteiger partial charge in [-0.1, -0.05) is 38.3 Å². The lowest BCUT2D eigenvalue weighted by molar-refractivity contribution is -0.136. The summed E-state index contributed by atoms with van der Waals surface area (Å²) >= 11 is 0. The van der Waals surface area contributed by atoms with Gasteiger partial charge in [-0.25, -0.2) is 9.59 Å². The molecule has 1 saturated carbocycles. The van der Waals surface area contributed by atoms with E-state index in [0.29, 0.717) is 11.1 Å². The maximum absolute atomic E-state index is 12.6. The van der Waals surface area contributed by atoms with E-state index in [2.05, 4.69) is 5.32 Å². The van der Waals surface area contributed by atoms with Crippen LogP contribution in [-0.2, 0) is 11.2 Å². The third kappa shape index (κ3) is 5.80. The number of amides is 1. The number of hydrogen-bond donors (Lipinski definition) is 1. The molecule has 0 unspecified atom stereocenters. The average Bonchev–Trinajstić information content (AvgIpc) is 2.83. The first-order valence-corrected chi connectivity index (χ1v) is 11.3. The highest BCUT2D eigenvalue weighted by Crippen LogP contribution is 2.22. The number of carbonyl (C=O) groups excluding carboxylic acids is 2. The molecular weight excluding hydrogens is 422 g/mol. The highest BCUT2D eigenvalue weighted by molar-refractivity contribution is 5.97. The second-order valence-electron chi connectivity index (χ2n) is 8.22. The van der Waals surface area contributed by atoms with E-state index in [1.54, 1.807) is 18.2 Å². The molecule has 172 valence electrons. The van der Waals surface area contributed by atoms with Gasteiger partial charge in [-0.15, -0.1) is 0 Å². The van der Waals surface area contributed by atoms with Gasteiger partial charge in [0, 0.05) is 17.5 Å². The van der Waals surface area contributed by atoms with Crippen molar-refractivity contribution in [3.8, 4) is 11.5 Å². The van der Waals surface area contributed by atoms with Crippen LogP contribution in [0.2, 0.25) is 0 Å². The highest BCUT2D eigenvalue weighted by Gasteiger charge is 2.20. The number of nitrogens with one attached hydrogen (secondary N) is 1. The molecule has 1 aliphatic carbocycles. The predicted molar refractivity (Wildman–Crippen MR) is 124 cm³/mol. The van der Waals surface area contributed by atoms with Crippen molar-refractivity contribution in [2.24, 2.45) is 0 Å². The fourth-order valence-corrected chi connectivity index (χ4v) is 3.98. The van der Waals surface area contributed by atoms with Crippen molar-refractivity contribution in [1.82, 2.24) is 5.32 Å². The lowest BCUT2D eigenvalue weighted by Gasteiger charge is -2.22. The summed E-state index contributed by atoms with van der Waals surface area (Å²) < 4.78 is 16.2. The Morgan fingerprint density at radius 1 is 1.03 bits per heavy atom. The Kier molecular flexibility index (Phi) is 7.07. The summed E-state index contributed by atoms with van der Waals surface area (Å²) in [4.78, 5) is 37.2. The fraction of sp³-hybridized carbons (Fsp3) is 0.346. The van der Waals surface area contributed by atoms with E-state index in [4.69, 9.17) is 13.9 Å². The Bertz CT molecular complexity index is 1210. The van der Waals surface area contributed by atoms with E-state index in [9.17, 15) is 14.4 Å². The van der Waals surface area contributed by atoms with Crippen LogP contribution in [0.3, 0.4) is 0 Å². The van der Waals surface area contributed by atoms with Crippen LogP contribution in [0, 0.1) is 0 Å². The zero-order valence-electron chi connectivity index (χ0n) is 18.6. The minimum Gasteiger partial charge on any atom is -0.482 e. The number of aryl methyl sites for hydroxylation is 1. The Hall–Kier alpha value is -3.61. The monoisotopic (exact) mass is 449 g/mol. The SMILES string of the molecule is CCc1cccc(OCC(=O)Oc2ccc3cc(C(=O)NC4CCCCC4)c(=O)oc3c2)c1. The van der Waals surface area contributed by atoms with Crippen molar-refractivity contribution >= 4 is 22.8 Å². The summed E-state index contributed by atoms with van der Waals surface area (Å²) in [7, 11) is 0. The van der Waals surface area contributed by atoms with Gasteiger partial charge in [-0.3, -0.25) is 4.79 Å². The van der Waals surface area contributed by atoms with E-state index < -0.39 is 17.5 Å². The van der Waals surface area contributed by atoms with E-state index >= 15 is 0 Å². The molecule has 1 fully saturated rings. The van der Waals surface area contributed by atoms with Gasteiger partial charge < -0.3 is 19.2 Å². The molecule has 0 radical (unpaired) electrons. The summed E-state index contributed by atoms with van der Waals surface area (Å²) in [5.74, 6) is -0.185. The van der Waals surface area contributed by atoms with Gasteiger partial charge in [0.05, 0.1) is 0 Å². The minimum atomic E-state index is -0.724. The molecule has 1 N–H and O–H groups in total. The normalized spacial score (nSPS) is 14.1. The van der Waals surface area contributed by atoms with E-state index in [-0.39, 0.29) is 29.5 Å².